The summed E-state index contributed by atoms with van der Waals surface area (Å²) < 4.78 is 0. The van der Waals surface area contributed by atoms with Crippen molar-refractivity contribution in [1.29, 1.82) is 0 Å². The lowest BCUT2D eigenvalue weighted by Crippen LogP contribution is -2.51. The monoisotopic (exact) mass is 386 g/mol. The molecule has 1 aliphatic heterocycles. The zero-order valence-electron chi connectivity index (χ0n) is 15.9. The first-order valence-corrected chi connectivity index (χ1v) is 9.72. The molecule has 0 aliphatic carbocycles. The second kappa shape index (κ2) is 9.22. The molecule has 1 aliphatic rings. The maximum atomic E-state index is 12.3. The van der Waals surface area contributed by atoms with Gasteiger partial charge in [-0.05, 0) is 49.4 Å². The number of hydrogen-bond acceptors (Lipinski definition) is 3. The van der Waals surface area contributed by atoms with Crippen molar-refractivity contribution in [3.8, 4) is 11.1 Å². The Morgan fingerprint density at radius 1 is 1.07 bits per heavy atom. The van der Waals surface area contributed by atoms with E-state index in [9.17, 15) is 4.79 Å². The average Bonchev–Trinajstić information content (AvgIpc) is 2.67. The minimum absolute atomic E-state index is 0.181. The third kappa shape index (κ3) is 5.70. The summed E-state index contributed by atoms with van der Waals surface area (Å²) in [5.41, 5.74) is 2.80. The van der Waals surface area contributed by atoms with Gasteiger partial charge in [0.2, 0.25) is 0 Å². The summed E-state index contributed by atoms with van der Waals surface area (Å²) in [4.78, 5) is 17.0. The lowest BCUT2D eigenvalue weighted by molar-refractivity contribution is 0.119. The van der Waals surface area contributed by atoms with Gasteiger partial charge < -0.3 is 15.5 Å². The topological polar surface area (TPSA) is 47.6 Å². The van der Waals surface area contributed by atoms with E-state index in [1.807, 2.05) is 48.5 Å². The number of carbonyl (C=O) groups excluding carboxylic acids is 1. The molecule has 144 valence electrons. The first kappa shape index (κ1) is 19.7. The number of halogens is 1. The van der Waals surface area contributed by atoms with Gasteiger partial charge in [-0.3, -0.25) is 4.90 Å². The summed E-state index contributed by atoms with van der Waals surface area (Å²) in [6.45, 7) is 7.03. The molecule has 2 amide bonds. The average molecular weight is 387 g/mol. The van der Waals surface area contributed by atoms with Crippen LogP contribution in [-0.4, -0.2) is 61.6 Å². The Hall–Kier alpha value is -2.08. The van der Waals surface area contributed by atoms with Gasteiger partial charge >= 0.3 is 6.03 Å². The quantitative estimate of drug-likeness (QED) is 0.822. The van der Waals surface area contributed by atoms with E-state index in [1.165, 1.54) is 0 Å². The zero-order valence-corrected chi connectivity index (χ0v) is 16.7. The van der Waals surface area contributed by atoms with E-state index < -0.39 is 0 Å². The molecule has 0 bridgehead atoms. The Balaban J connectivity index is 1.53. The number of benzene rings is 2. The molecule has 2 N–H and O–H groups in total. The van der Waals surface area contributed by atoms with E-state index in [1.54, 1.807) is 0 Å². The van der Waals surface area contributed by atoms with Crippen LogP contribution in [0.1, 0.15) is 6.92 Å². The molecule has 1 unspecified atom stereocenters. The highest BCUT2D eigenvalue weighted by molar-refractivity contribution is 6.30. The molecular weight excluding hydrogens is 360 g/mol. The van der Waals surface area contributed by atoms with E-state index in [0.717, 1.165) is 43.0 Å². The highest BCUT2D eigenvalue weighted by Gasteiger charge is 2.19. The predicted molar refractivity (Wildman–Crippen MR) is 112 cm³/mol. The Morgan fingerprint density at radius 2 is 1.74 bits per heavy atom. The number of nitrogens with one attached hydrogen (secondary N) is 2. The van der Waals surface area contributed by atoms with Crippen molar-refractivity contribution >= 4 is 23.3 Å². The number of nitrogens with zero attached hydrogens (tertiary/aromatic N) is 2. The Bertz CT molecular complexity index is 774. The molecule has 0 saturated carbocycles. The molecule has 0 radical (unpaired) electrons. The van der Waals surface area contributed by atoms with Gasteiger partial charge in [0.25, 0.3) is 0 Å². The lowest BCUT2D eigenvalue weighted by atomic mass is 10.1. The number of piperazine rings is 1. The van der Waals surface area contributed by atoms with Crippen molar-refractivity contribution < 1.29 is 4.79 Å². The molecule has 3 rings (SSSR count). The fourth-order valence-corrected chi connectivity index (χ4v) is 3.44. The van der Waals surface area contributed by atoms with E-state index >= 15 is 0 Å². The van der Waals surface area contributed by atoms with Gasteiger partial charge in [0.05, 0.1) is 0 Å². The van der Waals surface area contributed by atoms with Crippen LogP contribution in [0.4, 0.5) is 10.5 Å². The normalized spacial score (nSPS) is 16.7. The first-order chi connectivity index (χ1) is 13.0. The van der Waals surface area contributed by atoms with Gasteiger partial charge in [0.15, 0.2) is 0 Å². The van der Waals surface area contributed by atoms with Crippen LogP contribution in [-0.2, 0) is 0 Å². The molecule has 2 aromatic carbocycles. The second-order valence-corrected chi connectivity index (χ2v) is 7.55. The number of anilines is 1. The minimum Gasteiger partial charge on any atom is -0.336 e. The molecule has 5 nitrogen and oxygen atoms in total. The largest absolute Gasteiger partial charge is 0.336 e. The van der Waals surface area contributed by atoms with Gasteiger partial charge in [-0.1, -0.05) is 35.9 Å². The molecule has 2 aromatic rings. The van der Waals surface area contributed by atoms with Gasteiger partial charge in [0.1, 0.15) is 0 Å². The molecule has 1 heterocycles. The Kier molecular flexibility index (Phi) is 6.72. The second-order valence-electron chi connectivity index (χ2n) is 7.11. The number of carbonyl (C=O) groups is 1. The first-order valence-electron chi connectivity index (χ1n) is 9.35. The van der Waals surface area contributed by atoms with Gasteiger partial charge in [-0.25, -0.2) is 4.79 Å². The van der Waals surface area contributed by atoms with Crippen LogP contribution in [0.3, 0.4) is 0 Å². The fourth-order valence-electron chi connectivity index (χ4n) is 3.25. The van der Waals surface area contributed by atoms with E-state index in [-0.39, 0.29) is 6.03 Å². The van der Waals surface area contributed by atoms with Gasteiger partial charge in [-0.2, -0.15) is 0 Å². The van der Waals surface area contributed by atoms with Crippen molar-refractivity contribution in [2.75, 3.05) is 45.1 Å². The van der Waals surface area contributed by atoms with Crippen LogP contribution >= 0.6 is 11.6 Å². The lowest BCUT2D eigenvalue weighted by Gasteiger charge is -2.36. The van der Waals surface area contributed by atoms with Crippen LogP contribution < -0.4 is 10.6 Å². The molecule has 27 heavy (non-hydrogen) atoms. The summed E-state index contributed by atoms with van der Waals surface area (Å²) in [5.74, 6) is 0. The fraction of sp³-hybridized carbons (Fsp3) is 0.381. The summed E-state index contributed by atoms with van der Waals surface area (Å²) in [7, 11) is 2.14. The summed E-state index contributed by atoms with van der Waals surface area (Å²) in [6, 6.07) is 15.6. The molecule has 1 saturated heterocycles. The van der Waals surface area contributed by atoms with E-state index in [4.69, 9.17) is 11.6 Å². The summed E-state index contributed by atoms with van der Waals surface area (Å²) >= 11 is 6.08. The smallest absolute Gasteiger partial charge is 0.319 e. The highest BCUT2D eigenvalue weighted by Crippen LogP contribution is 2.25. The summed E-state index contributed by atoms with van der Waals surface area (Å²) in [5, 5.41) is 6.60. The van der Waals surface area contributed by atoms with Crippen LogP contribution in [0.2, 0.25) is 5.02 Å². The van der Waals surface area contributed by atoms with Crippen LogP contribution in [0.15, 0.2) is 48.5 Å². The van der Waals surface area contributed by atoms with E-state index in [0.29, 0.717) is 17.6 Å². The van der Waals surface area contributed by atoms with Crippen LogP contribution in [0.25, 0.3) is 11.1 Å². The molecular formula is C21H27ClN4O. The number of hydrogen-bond donors (Lipinski definition) is 2. The van der Waals surface area contributed by atoms with E-state index in [2.05, 4.69) is 34.4 Å². The molecule has 0 aromatic heterocycles. The number of rotatable bonds is 5. The molecule has 0 spiro atoms. The Morgan fingerprint density at radius 3 is 2.44 bits per heavy atom. The Labute approximate surface area is 166 Å². The van der Waals surface area contributed by atoms with Gasteiger partial charge in [0, 0.05) is 49.5 Å². The maximum absolute atomic E-state index is 12.3. The minimum atomic E-state index is -0.181. The van der Waals surface area contributed by atoms with Crippen molar-refractivity contribution in [2.24, 2.45) is 0 Å². The van der Waals surface area contributed by atoms with Crippen molar-refractivity contribution in [3.63, 3.8) is 0 Å². The van der Waals surface area contributed by atoms with Gasteiger partial charge in [-0.15, -0.1) is 0 Å². The van der Waals surface area contributed by atoms with Crippen molar-refractivity contribution in [1.82, 2.24) is 15.1 Å². The molecule has 1 fully saturated rings. The number of urea groups is 1. The van der Waals surface area contributed by atoms with Crippen molar-refractivity contribution in [2.45, 2.75) is 13.0 Å². The predicted octanol–water partition coefficient (Wildman–Crippen LogP) is 3.76. The van der Waals surface area contributed by atoms with Crippen LogP contribution in [0, 0.1) is 0 Å². The molecule has 1 atom stereocenters. The SMILES string of the molecule is CC(CNC(=O)Nc1cccc(-c2cccc(Cl)c2)c1)N1CCN(C)CC1. The molecule has 6 heteroatoms. The summed E-state index contributed by atoms with van der Waals surface area (Å²) in [6.07, 6.45) is 0. The number of likely N-dealkylation sites (N-methyl/N-ethyl adjacent to an activating group) is 1. The highest BCUT2D eigenvalue weighted by atomic mass is 35.5. The standard InChI is InChI=1S/C21H27ClN4O/c1-16(26-11-9-25(2)10-12-26)15-23-21(27)24-20-8-4-6-18(14-20)17-5-3-7-19(22)13-17/h3-8,13-14,16H,9-12,15H2,1-2H3,(H2,23,24,27). The zero-order chi connectivity index (χ0) is 19.2. The van der Waals surface area contributed by atoms with Crippen LogP contribution in [0.5, 0.6) is 0 Å². The number of amides is 2. The third-order valence-electron chi connectivity index (χ3n) is 5.00. The van der Waals surface area contributed by atoms with Crippen molar-refractivity contribution in [3.05, 3.63) is 53.6 Å². The maximum Gasteiger partial charge on any atom is 0.319 e. The third-order valence-corrected chi connectivity index (χ3v) is 5.23.